The number of thiophene rings is 1. The van der Waals surface area contributed by atoms with Gasteiger partial charge in [-0.25, -0.2) is 5.43 Å². The van der Waals surface area contributed by atoms with Crippen LogP contribution in [0.3, 0.4) is 0 Å². The van der Waals surface area contributed by atoms with Crippen LogP contribution in [0.2, 0.25) is 0 Å². The summed E-state index contributed by atoms with van der Waals surface area (Å²) in [5, 5.41) is 5.98. The van der Waals surface area contributed by atoms with Crippen LogP contribution in [0.5, 0.6) is 11.5 Å². The molecular weight excluding hydrogens is 300 g/mol. The van der Waals surface area contributed by atoms with Gasteiger partial charge in [0.2, 0.25) is 0 Å². The number of rotatable bonds is 6. The molecule has 0 aliphatic carbocycles. The zero-order valence-corrected chi connectivity index (χ0v) is 13.6. The highest BCUT2D eigenvalue weighted by molar-refractivity contribution is 7.12. The van der Waals surface area contributed by atoms with Crippen LogP contribution in [-0.2, 0) is 6.42 Å². The summed E-state index contributed by atoms with van der Waals surface area (Å²) in [4.78, 5) is 12.4. The summed E-state index contributed by atoms with van der Waals surface area (Å²) in [6.07, 6.45) is 0.616. The van der Waals surface area contributed by atoms with E-state index < -0.39 is 0 Å². The quantitative estimate of drug-likeness (QED) is 0.657. The Balaban J connectivity index is 2.00. The van der Waals surface area contributed by atoms with Crippen molar-refractivity contribution in [1.29, 1.82) is 0 Å². The first-order chi connectivity index (χ1) is 10.6. The number of hydrogen-bond acceptors (Lipinski definition) is 5. The van der Waals surface area contributed by atoms with Crippen LogP contribution in [-0.4, -0.2) is 25.8 Å². The molecule has 0 spiro atoms. The molecule has 0 fully saturated rings. The highest BCUT2D eigenvalue weighted by Crippen LogP contribution is 2.27. The van der Waals surface area contributed by atoms with Crippen molar-refractivity contribution in [1.82, 2.24) is 5.43 Å². The molecule has 0 saturated heterocycles. The molecule has 1 aromatic carbocycles. The predicted octanol–water partition coefficient (Wildman–Crippen LogP) is 3.11. The smallest absolute Gasteiger partial charge is 0.281 e. The Hall–Kier alpha value is -2.34. The topological polar surface area (TPSA) is 59.9 Å². The summed E-state index contributed by atoms with van der Waals surface area (Å²) in [6.45, 7) is 1.87. The van der Waals surface area contributed by atoms with Gasteiger partial charge in [0.1, 0.15) is 0 Å². The minimum absolute atomic E-state index is 0.193. The molecule has 6 heteroatoms. The largest absolute Gasteiger partial charge is 0.493 e. The molecule has 0 unspecified atom stereocenters. The van der Waals surface area contributed by atoms with E-state index in [2.05, 4.69) is 10.5 Å². The van der Waals surface area contributed by atoms with Gasteiger partial charge in [0.15, 0.2) is 11.5 Å². The number of ether oxygens (including phenoxy) is 2. The van der Waals surface area contributed by atoms with E-state index in [4.69, 9.17) is 9.47 Å². The second-order valence-corrected chi connectivity index (χ2v) is 5.58. The van der Waals surface area contributed by atoms with Gasteiger partial charge in [-0.05, 0) is 36.1 Å². The Bertz CT molecular complexity index is 666. The van der Waals surface area contributed by atoms with E-state index in [0.717, 1.165) is 11.3 Å². The summed E-state index contributed by atoms with van der Waals surface area (Å²) in [5.41, 5.74) is 4.39. The van der Waals surface area contributed by atoms with Crippen LogP contribution in [0.25, 0.3) is 0 Å². The van der Waals surface area contributed by atoms with Crippen LogP contribution < -0.4 is 14.9 Å². The van der Waals surface area contributed by atoms with E-state index in [1.807, 2.05) is 36.6 Å². The van der Waals surface area contributed by atoms with Gasteiger partial charge in [-0.1, -0.05) is 12.1 Å². The molecule has 2 rings (SSSR count). The number of methoxy groups -OCH3 is 2. The lowest BCUT2D eigenvalue weighted by atomic mass is 10.1. The van der Waals surface area contributed by atoms with Gasteiger partial charge in [0.25, 0.3) is 5.91 Å². The monoisotopic (exact) mass is 318 g/mol. The summed E-state index contributed by atoms with van der Waals surface area (Å²) in [5.74, 6) is 1.17. The molecule has 116 valence electrons. The second-order valence-electron chi connectivity index (χ2n) is 4.63. The Morgan fingerprint density at radius 2 is 2.00 bits per heavy atom. The molecular formula is C16H18N2O3S. The Kier molecular flexibility index (Phi) is 5.55. The molecule has 0 radical (unpaired) electrons. The van der Waals surface area contributed by atoms with Crippen molar-refractivity contribution in [2.45, 2.75) is 13.3 Å². The van der Waals surface area contributed by atoms with Gasteiger partial charge in [-0.2, -0.15) is 5.10 Å². The average Bonchev–Trinajstić information content (AvgIpc) is 3.07. The van der Waals surface area contributed by atoms with Gasteiger partial charge < -0.3 is 9.47 Å². The van der Waals surface area contributed by atoms with Gasteiger partial charge in [-0.3, -0.25) is 4.79 Å². The first-order valence-corrected chi connectivity index (χ1v) is 7.60. The second kappa shape index (κ2) is 7.61. The lowest BCUT2D eigenvalue weighted by molar-refractivity contribution is 0.0958. The lowest BCUT2D eigenvalue weighted by Gasteiger charge is -2.09. The van der Waals surface area contributed by atoms with Gasteiger partial charge >= 0.3 is 0 Å². The minimum atomic E-state index is -0.193. The average molecular weight is 318 g/mol. The van der Waals surface area contributed by atoms with Gasteiger partial charge in [-0.15, -0.1) is 11.3 Å². The lowest BCUT2D eigenvalue weighted by Crippen LogP contribution is -2.18. The molecule has 1 amide bonds. The maximum absolute atomic E-state index is 11.8. The van der Waals surface area contributed by atoms with Crippen LogP contribution in [0.15, 0.2) is 40.8 Å². The van der Waals surface area contributed by atoms with Crippen LogP contribution >= 0.6 is 11.3 Å². The normalized spacial score (nSPS) is 11.1. The molecule has 2 aromatic rings. The maximum atomic E-state index is 11.8. The molecule has 0 saturated carbocycles. The fraction of sp³-hybridized carbons (Fsp3) is 0.250. The third-order valence-corrected chi connectivity index (χ3v) is 3.87. The number of hydrazone groups is 1. The van der Waals surface area contributed by atoms with Crippen molar-refractivity contribution in [3.8, 4) is 11.5 Å². The van der Waals surface area contributed by atoms with Crippen LogP contribution in [0, 0.1) is 0 Å². The number of nitrogens with zero attached hydrogens (tertiary/aromatic N) is 1. The minimum Gasteiger partial charge on any atom is -0.493 e. The zero-order valence-electron chi connectivity index (χ0n) is 12.8. The van der Waals surface area contributed by atoms with E-state index in [1.54, 1.807) is 20.3 Å². The molecule has 1 heterocycles. The summed E-state index contributed by atoms with van der Waals surface area (Å²) >= 11 is 1.38. The number of carbonyl (C=O) groups is 1. The third-order valence-electron chi connectivity index (χ3n) is 3.00. The van der Waals surface area contributed by atoms with Crippen molar-refractivity contribution < 1.29 is 14.3 Å². The Morgan fingerprint density at radius 1 is 1.23 bits per heavy atom. The van der Waals surface area contributed by atoms with Crippen molar-refractivity contribution in [3.63, 3.8) is 0 Å². The van der Waals surface area contributed by atoms with Crippen molar-refractivity contribution >= 4 is 23.0 Å². The van der Waals surface area contributed by atoms with Crippen molar-refractivity contribution in [3.05, 3.63) is 46.2 Å². The standard InChI is InChI=1S/C16H18N2O3S/c1-11(17-18-16(19)15-5-4-8-22-15)9-12-6-7-13(20-2)14(10-12)21-3/h4-8,10H,9H2,1-3H3,(H,18,19)/b17-11-. The highest BCUT2D eigenvalue weighted by atomic mass is 32.1. The molecule has 1 aromatic heterocycles. The van der Waals surface area contributed by atoms with E-state index in [9.17, 15) is 4.79 Å². The van der Waals surface area contributed by atoms with E-state index >= 15 is 0 Å². The maximum Gasteiger partial charge on any atom is 0.281 e. The summed E-state index contributed by atoms with van der Waals surface area (Å²) in [7, 11) is 3.20. The first-order valence-electron chi connectivity index (χ1n) is 6.72. The molecule has 0 atom stereocenters. The van der Waals surface area contributed by atoms with Gasteiger partial charge in [0, 0.05) is 12.1 Å². The highest BCUT2D eigenvalue weighted by Gasteiger charge is 2.07. The SMILES string of the molecule is COc1ccc(C/C(C)=N\NC(=O)c2cccs2)cc1OC. The number of hydrogen-bond donors (Lipinski definition) is 1. The molecule has 22 heavy (non-hydrogen) atoms. The molecule has 0 aliphatic heterocycles. The van der Waals surface area contributed by atoms with Crippen molar-refractivity contribution in [2.75, 3.05) is 14.2 Å². The van der Waals surface area contributed by atoms with Crippen LogP contribution in [0.1, 0.15) is 22.2 Å². The van der Waals surface area contributed by atoms with Gasteiger partial charge in [0.05, 0.1) is 19.1 Å². The Morgan fingerprint density at radius 3 is 2.64 bits per heavy atom. The van der Waals surface area contributed by atoms with Crippen LogP contribution in [0.4, 0.5) is 0 Å². The fourth-order valence-electron chi connectivity index (χ4n) is 1.93. The first kappa shape index (κ1) is 16.0. The number of carbonyl (C=O) groups excluding carboxylic acids is 1. The number of amides is 1. The fourth-order valence-corrected chi connectivity index (χ4v) is 2.55. The summed E-state index contributed by atoms with van der Waals surface area (Å²) in [6, 6.07) is 9.30. The molecule has 1 N–H and O–H groups in total. The Labute approximate surface area is 133 Å². The van der Waals surface area contributed by atoms with E-state index in [1.165, 1.54) is 11.3 Å². The molecule has 0 aliphatic rings. The number of benzene rings is 1. The molecule has 0 bridgehead atoms. The number of nitrogens with one attached hydrogen (secondary N) is 1. The van der Waals surface area contributed by atoms with E-state index in [-0.39, 0.29) is 5.91 Å². The zero-order chi connectivity index (χ0) is 15.9. The summed E-state index contributed by atoms with van der Waals surface area (Å²) < 4.78 is 10.5. The van der Waals surface area contributed by atoms with E-state index in [0.29, 0.717) is 22.8 Å². The van der Waals surface area contributed by atoms with Crippen molar-refractivity contribution in [2.24, 2.45) is 5.10 Å². The predicted molar refractivity (Wildman–Crippen MR) is 88.1 cm³/mol. The molecule has 5 nitrogen and oxygen atoms in total. The third kappa shape index (κ3) is 4.08.